The molecule has 1 rings (SSSR count). The van der Waals surface area contributed by atoms with Crippen LogP contribution in [0.1, 0.15) is 34.1 Å². The van der Waals surface area contributed by atoms with Crippen LogP contribution in [0.2, 0.25) is 0 Å². The fraction of sp³-hybridized carbons (Fsp3) is 0.562. The van der Waals surface area contributed by atoms with Gasteiger partial charge in [0.1, 0.15) is 0 Å². The second kappa shape index (κ2) is 9.05. The Kier molecular flexibility index (Phi) is 8.59. The topological polar surface area (TPSA) is 49.6 Å². The van der Waals surface area contributed by atoms with Crippen LogP contribution in [0.4, 0.5) is 10.5 Å². The maximum absolute atomic E-state index is 11.6. The molecule has 0 fully saturated rings. The van der Waals surface area contributed by atoms with Crippen LogP contribution >= 0.6 is 17.0 Å². The van der Waals surface area contributed by atoms with Gasteiger partial charge in [-0.25, -0.2) is 4.79 Å². The Bertz CT molecular complexity index is 417. The number of nitrogens with zero attached hydrogens (tertiary/aromatic N) is 2. The zero-order chi connectivity index (χ0) is 15.2. The molecule has 5 heteroatoms. The molecule has 0 spiro atoms. The van der Waals surface area contributed by atoms with E-state index in [-0.39, 0.29) is 22.5 Å². The Hall–Kier alpha value is -1.07. The highest BCUT2D eigenvalue weighted by Crippen LogP contribution is 2.16. The summed E-state index contributed by atoms with van der Waals surface area (Å²) in [5, 5.41) is 0. The first-order chi connectivity index (χ1) is 9.36. The van der Waals surface area contributed by atoms with Crippen molar-refractivity contribution < 1.29 is 4.79 Å². The Morgan fingerprint density at radius 1 is 1.10 bits per heavy atom. The number of carbonyl (C=O) groups is 1. The molecule has 0 aliphatic heterocycles. The lowest BCUT2D eigenvalue weighted by Crippen LogP contribution is -2.48. The summed E-state index contributed by atoms with van der Waals surface area (Å²) in [6, 6.07) is 9.18. The fourth-order valence-electron chi connectivity index (χ4n) is 2.25. The molecule has 0 aromatic heterocycles. The molecule has 0 radical (unpaired) electrons. The first-order valence-electron chi connectivity index (χ1n) is 7.23. The summed E-state index contributed by atoms with van der Waals surface area (Å²) in [6.07, 6.45) is 1.10. The van der Waals surface area contributed by atoms with Crippen LogP contribution in [0, 0.1) is 0 Å². The predicted octanol–water partition coefficient (Wildman–Crippen LogP) is 3.66. The van der Waals surface area contributed by atoms with Crippen LogP contribution in [0.3, 0.4) is 0 Å². The molecule has 0 heterocycles. The number of amides is 2. The number of urea groups is 1. The van der Waals surface area contributed by atoms with E-state index in [1.165, 1.54) is 0 Å². The van der Waals surface area contributed by atoms with E-state index in [9.17, 15) is 4.79 Å². The number of benzene rings is 1. The minimum Gasteiger partial charge on any atom is -0.351 e. The Morgan fingerprint density at radius 3 is 2.10 bits per heavy atom. The minimum absolute atomic E-state index is 0. The number of rotatable bonds is 6. The maximum atomic E-state index is 11.6. The van der Waals surface area contributed by atoms with Crippen molar-refractivity contribution in [2.75, 3.05) is 24.5 Å². The van der Waals surface area contributed by atoms with Crippen molar-refractivity contribution in [1.82, 2.24) is 4.90 Å². The highest BCUT2D eigenvalue weighted by atomic mass is 79.9. The summed E-state index contributed by atoms with van der Waals surface area (Å²) < 4.78 is 0. The normalized spacial score (nSPS) is 11.1. The Labute approximate surface area is 139 Å². The Morgan fingerprint density at radius 2 is 1.67 bits per heavy atom. The fourth-order valence-corrected chi connectivity index (χ4v) is 2.25. The van der Waals surface area contributed by atoms with Gasteiger partial charge in [0.25, 0.3) is 0 Å². The van der Waals surface area contributed by atoms with E-state index in [2.05, 4.69) is 32.6 Å². The van der Waals surface area contributed by atoms with E-state index >= 15 is 0 Å². The number of hydrogen-bond donors (Lipinski definition) is 1. The van der Waals surface area contributed by atoms with Gasteiger partial charge in [0.2, 0.25) is 0 Å². The molecular weight excluding hydrogens is 330 g/mol. The van der Waals surface area contributed by atoms with Crippen LogP contribution in [0.25, 0.3) is 0 Å². The lowest BCUT2D eigenvalue weighted by Gasteiger charge is -2.36. The average molecular weight is 358 g/mol. The smallest absolute Gasteiger partial charge is 0.319 e. The maximum Gasteiger partial charge on any atom is 0.319 e. The number of nitrogens with two attached hydrogens (primary N) is 1. The quantitative estimate of drug-likeness (QED) is 0.844. The van der Waals surface area contributed by atoms with Gasteiger partial charge in [0.05, 0.1) is 0 Å². The van der Waals surface area contributed by atoms with Crippen molar-refractivity contribution in [3.63, 3.8) is 0 Å². The zero-order valence-corrected chi connectivity index (χ0v) is 15.2. The molecule has 1 aromatic rings. The first kappa shape index (κ1) is 19.9. The molecule has 2 amide bonds. The van der Waals surface area contributed by atoms with E-state index < -0.39 is 6.03 Å². The second-order valence-corrected chi connectivity index (χ2v) is 5.98. The number of halogens is 1. The van der Waals surface area contributed by atoms with Crippen molar-refractivity contribution in [2.45, 2.75) is 39.7 Å². The van der Waals surface area contributed by atoms with Crippen molar-refractivity contribution in [3.05, 3.63) is 30.3 Å². The number of para-hydroxylation sites is 1. The van der Waals surface area contributed by atoms with E-state index in [0.717, 1.165) is 25.2 Å². The van der Waals surface area contributed by atoms with Crippen LogP contribution in [-0.4, -0.2) is 36.1 Å². The van der Waals surface area contributed by atoms with E-state index in [4.69, 9.17) is 5.73 Å². The summed E-state index contributed by atoms with van der Waals surface area (Å²) in [4.78, 5) is 15.7. The number of hydrogen-bond acceptors (Lipinski definition) is 2. The van der Waals surface area contributed by atoms with Gasteiger partial charge in [-0.05, 0) is 45.9 Å². The molecule has 0 unspecified atom stereocenters. The van der Waals surface area contributed by atoms with E-state index in [1.807, 2.05) is 30.3 Å². The van der Waals surface area contributed by atoms with E-state index in [1.54, 1.807) is 4.90 Å². The standard InChI is InChI=1S/C16H27N3O.BrH/c1-5-11-18(16(2,3)4)12-13-19(15(17)20)14-9-7-6-8-10-14;/h6-10H,5,11-13H2,1-4H3,(H2,17,20);1H. The van der Waals surface area contributed by atoms with E-state index in [0.29, 0.717) is 6.54 Å². The highest BCUT2D eigenvalue weighted by Gasteiger charge is 2.22. The molecular formula is C16H28BrN3O. The number of anilines is 1. The molecule has 2 N–H and O–H groups in total. The Balaban J connectivity index is 0.00000400. The predicted molar refractivity (Wildman–Crippen MR) is 95.3 cm³/mol. The van der Waals surface area contributed by atoms with Crippen molar-refractivity contribution in [1.29, 1.82) is 0 Å². The zero-order valence-electron chi connectivity index (χ0n) is 13.5. The second-order valence-electron chi connectivity index (χ2n) is 5.98. The van der Waals surface area contributed by atoms with Crippen molar-refractivity contribution in [2.24, 2.45) is 5.73 Å². The molecule has 0 atom stereocenters. The lowest BCUT2D eigenvalue weighted by atomic mass is 10.1. The molecule has 120 valence electrons. The average Bonchev–Trinajstić information content (AvgIpc) is 2.37. The third kappa shape index (κ3) is 6.48. The molecule has 0 saturated heterocycles. The molecule has 0 saturated carbocycles. The summed E-state index contributed by atoms with van der Waals surface area (Å²) >= 11 is 0. The summed E-state index contributed by atoms with van der Waals surface area (Å²) in [5.41, 5.74) is 6.45. The summed E-state index contributed by atoms with van der Waals surface area (Å²) in [6.45, 7) is 11.2. The molecule has 0 aliphatic carbocycles. The van der Waals surface area contributed by atoms with Gasteiger partial charge in [-0.1, -0.05) is 25.1 Å². The molecule has 21 heavy (non-hydrogen) atoms. The summed E-state index contributed by atoms with van der Waals surface area (Å²) in [7, 11) is 0. The van der Waals surface area contributed by atoms with Crippen LogP contribution in [-0.2, 0) is 0 Å². The van der Waals surface area contributed by atoms with Gasteiger partial charge in [-0.2, -0.15) is 0 Å². The van der Waals surface area contributed by atoms with Gasteiger partial charge < -0.3 is 5.73 Å². The van der Waals surface area contributed by atoms with Gasteiger partial charge in [-0.3, -0.25) is 9.80 Å². The van der Waals surface area contributed by atoms with Gasteiger partial charge in [0, 0.05) is 24.3 Å². The molecule has 1 aromatic carbocycles. The largest absolute Gasteiger partial charge is 0.351 e. The third-order valence-electron chi connectivity index (χ3n) is 3.37. The van der Waals surface area contributed by atoms with Crippen molar-refractivity contribution in [3.8, 4) is 0 Å². The SMILES string of the molecule is Br.CCCN(CCN(C(N)=O)c1ccccc1)C(C)(C)C. The van der Waals surface area contributed by atoms with Gasteiger partial charge in [-0.15, -0.1) is 17.0 Å². The van der Waals surface area contributed by atoms with Gasteiger partial charge >= 0.3 is 6.03 Å². The van der Waals surface area contributed by atoms with Crippen molar-refractivity contribution >= 4 is 28.7 Å². The highest BCUT2D eigenvalue weighted by molar-refractivity contribution is 8.93. The number of primary amides is 1. The third-order valence-corrected chi connectivity index (χ3v) is 3.37. The monoisotopic (exact) mass is 357 g/mol. The number of carbonyl (C=O) groups excluding carboxylic acids is 1. The lowest BCUT2D eigenvalue weighted by molar-refractivity contribution is 0.140. The minimum atomic E-state index is -0.401. The molecule has 0 bridgehead atoms. The van der Waals surface area contributed by atoms with Crippen LogP contribution in [0.15, 0.2) is 30.3 Å². The van der Waals surface area contributed by atoms with Crippen LogP contribution < -0.4 is 10.6 Å². The van der Waals surface area contributed by atoms with Gasteiger partial charge in [0.15, 0.2) is 0 Å². The molecule has 4 nitrogen and oxygen atoms in total. The van der Waals surface area contributed by atoms with Crippen LogP contribution in [0.5, 0.6) is 0 Å². The first-order valence-corrected chi connectivity index (χ1v) is 7.23. The molecule has 0 aliphatic rings. The summed E-state index contributed by atoms with van der Waals surface area (Å²) in [5.74, 6) is 0.